The standard InChI is InChI=1S/C18H28N2O2S/c1-3-4-8-16-11-13-18(14-12-16)23(21,22)20-19-15(2)17-9-6-5-7-10-17/h11-14,17,20H,3-10H2,1-2H3/b19-15-. The normalized spacial score (nSPS) is 17.2. The van der Waals surface area contributed by atoms with Crippen LogP contribution < -0.4 is 4.83 Å². The molecular weight excluding hydrogens is 308 g/mol. The van der Waals surface area contributed by atoms with Gasteiger partial charge in [0.15, 0.2) is 0 Å². The molecule has 1 aromatic carbocycles. The number of nitrogens with zero attached hydrogens (tertiary/aromatic N) is 1. The van der Waals surface area contributed by atoms with Crippen LogP contribution in [-0.4, -0.2) is 14.1 Å². The average molecular weight is 337 g/mol. The monoisotopic (exact) mass is 336 g/mol. The number of rotatable bonds is 7. The predicted octanol–water partition coefficient (Wildman–Crippen LogP) is 4.26. The Morgan fingerprint density at radius 2 is 1.83 bits per heavy atom. The molecular formula is C18H28N2O2S. The number of hydrogen-bond acceptors (Lipinski definition) is 3. The molecule has 0 saturated heterocycles. The molecule has 1 aliphatic rings. The Morgan fingerprint density at radius 3 is 2.43 bits per heavy atom. The molecule has 5 heteroatoms. The summed E-state index contributed by atoms with van der Waals surface area (Å²) in [4.78, 5) is 2.67. The van der Waals surface area contributed by atoms with Crippen LogP contribution in [0.2, 0.25) is 0 Å². The molecule has 2 rings (SSSR count). The molecule has 1 saturated carbocycles. The summed E-state index contributed by atoms with van der Waals surface area (Å²) in [6.45, 7) is 4.07. The van der Waals surface area contributed by atoms with Gasteiger partial charge in [-0.3, -0.25) is 0 Å². The SMILES string of the molecule is CCCCc1ccc(S(=O)(=O)N/N=C(/C)C2CCCCC2)cc1. The van der Waals surface area contributed by atoms with Crippen LogP contribution in [0.15, 0.2) is 34.3 Å². The fourth-order valence-corrected chi connectivity index (χ4v) is 3.88. The van der Waals surface area contributed by atoms with Crippen molar-refractivity contribution in [2.24, 2.45) is 11.0 Å². The van der Waals surface area contributed by atoms with Gasteiger partial charge in [0, 0.05) is 5.71 Å². The Balaban J connectivity index is 2.00. The molecule has 0 unspecified atom stereocenters. The van der Waals surface area contributed by atoms with E-state index < -0.39 is 10.0 Å². The van der Waals surface area contributed by atoms with Gasteiger partial charge >= 0.3 is 0 Å². The van der Waals surface area contributed by atoms with Crippen molar-refractivity contribution in [1.29, 1.82) is 0 Å². The number of aryl methyl sites for hydroxylation is 1. The van der Waals surface area contributed by atoms with E-state index in [1.165, 1.54) is 24.8 Å². The van der Waals surface area contributed by atoms with E-state index in [1.54, 1.807) is 12.1 Å². The summed E-state index contributed by atoms with van der Waals surface area (Å²) < 4.78 is 24.7. The summed E-state index contributed by atoms with van der Waals surface area (Å²) >= 11 is 0. The van der Waals surface area contributed by atoms with E-state index in [9.17, 15) is 8.42 Å². The Kier molecular flexibility index (Phi) is 6.63. The Bertz CT molecular complexity index is 615. The lowest BCUT2D eigenvalue weighted by atomic mass is 9.86. The van der Waals surface area contributed by atoms with Crippen molar-refractivity contribution in [3.05, 3.63) is 29.8 Å². The van der Waals surface area contributed by atoms with Gasteiger partial charge in [-0.1, -0.05) is 44.7 Å². The van der Waals surface area contributed by atoms with E-state index >= 15 is 0 Å². The fourth-order valence-electron chi connectivity index (χ4n) is 3.01. The zero-order valence-corrected chi connectivity index (χ0v) is 15.0. The van der Waals surface area contributed by atoms with Crippen LogP contribution in [0, 0.1) is 5.92 Å². The maximum Gasteiger partial charge on any atom is 0.276 e. The number of benzene rings is 1. The highest BCUT2D eigenvalue weighted by Gasteiger charge is 2.18. The minimum absolute atomic E-state index is 0.276. The van der Waals surface area contributed by atoms with E-state index in [4.69, 9.17) is 0 Å². The molecule has 4 nitrogen and oxygen atoms in total. The fraction of sp³-hybridized carbons (Fsp3) is 0.611. The van der Waals surface area contributed by atoms with Crippen molar-refractivity contribution in [3.8, 4) is 0 Å². The molecule has 0 radical (unpaired) electrons. The Morgan fingerprint density at radius 1 is 1.17 bits per heavy atom. The van der Waals surface area contributed by atoms with Crippen LogP contribution in [0.5, 0.6) is 0 Å². The van der Waals surface area contributed by atoms with Gasteiger partial charge in [-0.25, -0.2) is 4.83 Å². The second-order valence-electron chi connectivity index (χ2n) is 6.43. The number of sulfonamides is 1. The van der Waals surface area contributed by atoms with Crippen LogP contribution in [0.25, 0.3) is 0 Å². The maximum atomic E-state index is 12.3. The van der Waals surface area contributed by atoms with Crippen molar-refractivity contribution in [2.45, 2.75) is 70.1 Å². The van der Waals surface area contributed by atoms with Gasteiger partial charge in [0.2, 0.25) is 0 Å². The highest BCUT2D eigenvalue weighted by atomic mass is 32.2. The summed E-state index contributed by atoms with van der Waals surface area (Å²) in [5.41, 5.74) is 2.07. The van der Waals surface area contributed by atoms with E-state index in [2.05, 4.69) is 16.9 Å². The second-order valence-corrected chi connectivity index (χ2v) is 8.09. The van der Waals surface area contributed by atoms with Gasteiger partial charge in [-0.2, -0.15) is 13.5 Å². The largest absolute Gasteiger partial charge is 0.276 e. The molecule has 0 heterocycles. The first-order valence-electron chi connectivity index (χ1n) is 8.68. The van der Waals surface area contributed by atoms with E-state index in [0.29, 0.717) is 5.92 Å². The topological polar surface area (TPSA) is 58.5 Å². The van der Waals surface area contributed by atoms with E-state index in [1.807, 2.05) is 19.1 Å². The molecule has 23 heavy (non-hydrogen) atoms. The molecule has 0 bridgehead atoms. The third-order valence-corrected chi connectivity index (χ3v) is 5.82. The minimum atomic E-state index is -3.57. The van der Waals surface area contributed by atoms with Gasteiger partial charge in [0.25, 0.3) is 10.0 Å². The first kappa shape index (κ1) is 18.0. The molecule has 0 aliphatic heterocycles. The average Bonchev–Trinajstić information content (AvgIpc) is 2.59. The number of nitrogens with one attached hydrogen (secondary N) is 1. The third kappa shape index (κ3) is 5.34. The molecule has 0 aromatic heterocycles. The van der Waals surface area contributed by atoms with Gasteiger partial charge in [-0.15, -0.1) is 0 Å². The van der Waals surface area contributed by atoms with Gasteiger partial charge in [-0.05, 0) is 56.2 Å². The highest BCUT2D eigenvalue weighted by Crippen LogP contribution is 2.24. The van der Waals surface area contributed by atoms with Crippen LogP contribution in [-0.2, 0) is 16.4 Å². The molecule has 0 atom stereocenters. The molecule has 0 amide bonds. The Labute approximate surface area is 140 Å². The second kappa shape index (κ2) is 8.48. The predicted molar refractivity (Wildman–Crippen MR) is 95.1 cm³/mol. The van der Waals surface area contributed by atoms with E-state index in [-0.39, 0.29) is 4.90 Å². The van der Waals surface area contributed by atoms with Gasteiger partial charge < -0.3 is 0 Å². The Hall–Kier alpha value is -1.36. The lowest BCUT2D eigenvalue weighted by molar-refractivity contribution is 0.437. The van der Waals surface area contributed by atoms with Crippen LogP contribution in [0.1, 0.15) is 64.4 Å². The molecule has 1 aliphatic carbocycles. The molecule has 0 spiro atoms. The summed E-state index contributed by atoms with van der Waals surface area (Å²) in [6, 6.07) is 7.11. The first-order valence-corrected chi connectivity index (χ1v) is 10.2. The summed E-state index contributed by atoms with van der Waals surface area (Å²) in [7, 11) is -3.57. The van der Waals surface area contributed by atoms with Gasteiger partial charge in [0.1, 0.15) is 0 Å². The van der Waals surface area contributed by atoms with E-state index in [0.717, 1.165) is 37.8 Å². The number of unbranched alkanes of at least 4 members (excludes halogenated alkanes) is 1. The molecule has 1 aromatic rings. The van der Waals surface area contributed by atoms with Crippen molar-refractivity contribution in [2.75, 3.05) is 0 Å². The first-order chi connectivity index (χ1) is 11.0. The van der Waals surface area contributed by atoms with Crippen LogP contribution in [0.4, 0.5) is 0 Å². The maximum absolute atomic E-state index is 12.3. The van der Waals surface area contributed by atoms with Gasteiger partial charge in [0.05, 0.1) is 4.90 Å². The van der Waals surface area contributed by atoms with Crippen LogP contribution >= 0.6 is 0 Å². The highest BCUT2D eigenvalue weighted by molar-refractivity contribution is 7.89. The quantitative estimate of drug-likeness (QED) is 0.597. The summed E-state index contributed by atoms with van der Waals surface area (Å²) in [5.74, 6) is 0.419. The zero-order chi connectivity index (χ0) is 16.7. The van der Waals surface area contributed by atoms with Crippen molar-refractivity contribution in [3.63, 3.8) is 0 Å². The van der Waals surface area contributed by atoms with Crippen molar-refractivity contribution in [1.82, 2.24) is 4.83 Å². The minimum Gasteiger partial charge on any atom is -0.200 e. The number of hydrogen-bond donors (Lipinski definition) is 1. The zero-order valence-electron chi connectivity index (χ0n) is 14.2. The smallest absolute Gasteiger partial charge is 0.200 e. The lowest BCUT2D eigenvalue weighted by Crippen LogP contribution is -2.23. The van der Waals surface area contributed by atoms with Crippen LogP contribution in [0.3, 0.4) is 0 Å². The van der Waals surface area contributed by atoms with Crippen molar-refractivity contribution >= 4 is 15.7 Å². The molecule has 1 fully saturated rings. The summed E-state index contributed by atoms with van der Waals surface area (Å²) in [6.07, 6.45) is 9.18. The molecule has 1 N–H and O–H groups in total. The third-order valence-electron chi connectivity index (χ3n) is 4.59. The number of hydrazone groups is 1. The van der Waals surface area contributed by atoms with Crippen molar-refractivity contribution < 1.29 is 8.42 Å². The lowest BCUT2D eigenvalue weighted by Gasteiger charge is -2.21. The molecule has 128 valence electrons. The summed E-state index contributed by atoms with van der Waals surface area (Å²) in [5, 5.41) is 4.15.